The van der Waals surface area contributed by atoms with Gasteiger partial charge in [-0.1, -0.05) is 51.4 Å². The van der Waals surface area contributed by atoms with Crippen molar-refractivity contribution in [1.82, 2.24) is 4.90 Å². The minimum atomic E-state index is -0.413. The van der Waals surface area contributed by atoms with Gasteiger partial charge in [-0.25, -0.2) is 0 Å². The maximum Gasteiger partial charge on any atom is 0.174 e. The fourth-order valence-electron chi connectivity index (χ4n) is 6.59. The number of methoxy groups -OCH3 is 1. The van der Waals surface area contributed by atoms with E-state index in [9.17, 15) is 9.59 Å². The average molecular weight is 674 g/mol. The van der Waals surface area contributed by atoms with Crippen molar-refractivity contribution in [1.29, 1.82) is 0 Å². The Hall–Kier alpha value is -2.32. The third kappa shape index (κ3) is 5.46. The Morgan fingerprint density at radius 2 is 1.55 bits per heavy atom. The molecule has 5 rings (SSSR count). The van der Waals surface area contributed by atoms with Gasteiger partial charge in [0.1, 0.15) is 6.61 Å². The first-order chi connectivity index (χ1) is 18.8. The monoisotopic (exact) mass is 673 g/mol. The number of carbonyl (C=O) groups is 2. The Morgan fingerprint density at radius 1 is 0.950 bits per heavy atom. The van der Waals surface area contributed by atoms with Gasteiger partial charge in [0.05, 0.1) is 10.7 Å². The van der Waals surface area contributed by atoms with Crippen molar-refractivity contribution in [3.8, 4) is 11.5 Å². The Balaban J connectivity index is 1.65. The molecule has 2 aromatic carbocycles. The van der Waals surface area contributed by atoms with E-state index in [1.165, 1.54) is 0 Å². The molecule has 0 unspecified atom stereocenters. The number of carbonyl (C=O) groups excluding carboxylic acids is 2. The van der Waals surface area contributed by atoms with Gasteiger partial charge < -0.3 is 14.4 Å². The second kappa shape index (κ2) is 10.8. The first kappa shape index (κ1) is 29.2. The molecule has 5 nitrogen and oxygen atoms in total. The SMILES string of the molecule is CCN1C2=C(C(=O)CC(C)(C)C2)C(c2cc(I)c(OCc3cccc(Cl)c3)c(OC)c2)C2=C1CC(C)(C)CC2=O. The van der Waals surface area contributed by atoms with E-state index in [1.807, 2.05) is 30.3 Å². The Bertz CT molecular complexity index is 1400. The van der Waals surface area contributed by atoms with Gasteiger partial charge in [0.2, 0.25) is 0 Å². The minimum Gasteiger partial charge on any atom is -0.493 e. The van der Waals surface area contributed by atoms with Crippen LogP contribution in [-0.4, -0.2) is 30.1 Å². The summed E-state index contributed by atoms with van der Waals surface area (Å²) in [6.07, 6.45) is 2.55. The van der Waals surface area contributed by atoms with Gasteiger partial charge in [-0.3, -0.25) is 9.59 Å². The van der Waals surface area contributed by atoms with Gasteiger partial charge in [-0.15, -0.1) is 0 Å². The molecular formula is C33H37ClINO4. The van der Waals surface area contributed by atoms with Crippen molar-refractivity contribution >= 4 is 45.8 Å². The molecule has 0 amide bonds. The first-order valence-electron chi connectivity index (χ1n) is 13.9. The zero-order valence-corrected chi connectivity index (χ0v) is 27.0. The normalized spacial score (nSPS) is 20.4. The zero-order valence-electron chi connectivity index (χ0n) is 24.1. The van der Waals surface area contributed by atoms with Crippen LogP contribution in [0.3, 0.4) is 0 Å². The molecule has 0 aromatic heterocycles. The van der Waals surface area contributed by atoms with E-state index < -0.39 is 5.92 Å². The van der Waals surface area contributed by atoms with Crippen LogP contribution in [0.15, 0.2) is 58.9 Å². The Morgan fingerprint density at radius 3 is 2.08 bits per heavy atom. The summed E-state index contributed by atoms with van der Waals surface area (Å²) in [6.45, 7) is 11.8. The highest BCUT2D eigenvalue weighted by Crippen LogP contribution is 2.55. The van der Waals surface area contributed by atoms with E-state index in [4.69, 9.17) is 21.1 Å². The molecule has 7 heteroatoms. The van der Waals surface area contributed by atoms with Gasteiger partial charge in [0.25, 0.3) is 0 Å². The molecule has 0 N–H and O–H groups in total. The van der Waals surface area contributed by atoms with Crippen molar-refractivity contribution < 1.29 is 19.1 Å². The summed E-state index contributed by atoms with van der Waals surface area (Å²) in [5.74, 6) is 1.07. The molecular weight excluding hydrogens is 637 g/mol. The fourth-order valence-corrected chi connectivity index (χ4v) is 7.59. The molecule has 2 aromatic rings. The standard InChI is InChI=1S/C33H37ClINO4/c1-7-36-23-14-32(2,3)16-25(37)29(23)28(30-24(36)15-33(4,5)17-26(30)38)20-12-22(35)31(27(13-20)39-6)40-18-19-9-8-10-21(34)11-19/h8-13,28H,7,14-18H2,1-6H3. The second-order valence-electron chi connectivity index (χ2n) is 12.7. The van der Waals surface area contributed by atoms with E-state index >= 15 is 0 Å². The summed E-state index contributed by atoms with van der Waals surface area (Å²) >= 11 is 8.43. The van der Waals surface area contributed by atoms with Crippen LogP contribution < -0.4 is 9.47 Å². The quantitative estimate of drug-likeness (QED) is 0.289. The van der Waals surface area contributed by atoms with E-state index in [2.05, 4.69) is 68.2 Å². The average Bonchev–Trinajstić information content (AvgIpc) is 2.85. The smallest absolute Gasteiger partial charge is 0.174 e. The van der Waals surface area contributed by atoms with Gasteiger partial charge in [0.15, 0.2) is 23.1 Å². The van der Waals surface area contributed by atoms with Crippen molar-refractivity contribution in [2.45, 2.75) is 72.8 Å². The molecule has 1 heterocycles. The van der Waals surface area contributed by atoms with Crippen molar-refractivity contribution in [3.05, 3.63) is 78.7 Å². The lowest BCUT2D eigenvalue weighted by atomic mass is 9.63. The van der Waals surface area contributed by atoms with Gasteiger partial charge in [-0.2, -0.15) is 0 Å². The van der Waals surface area contributed by atoms with Crippen LogP contribution in [0.4, 0.5) is 0 Å². The Kier molecular flexibility index (Phi) is 7.90. The number of ether oxygens (including phenoxy) is 2. The van der Waals surface area contributed by atoms with Gasteiger partial charge >= 0.3 is 0 Å². The van der Waals surface area contributed by atoms with E-state index in [1.54, 1.807) is 7.11 Å². The Labute approximate surface area is 256 Å². The summed E-state index contributed by atoms with van der Waals surface area (Å²) in [6, 6.07) is 11.6. The molecule has 40 heavy (non-hydrogen) atoms. The molecule has 212 valence electrons. The largest absolute Gasteiger partial charge is 0.493 e. The molecule has 0 atom stereocenters. The second-order valence-corrected chi connectivity index (χ2v) is 14.3. The lowest BCUT2D eigenvalue weighted by Crippen LogP contribution is -2.44. The molecule has 0 saturated heterocycles. The number of Topliss-reactive ketones (excluding diaryl/α,β-unsaturated/α-hetero) is 2. The summed E-state index contributed by atoms with van der Waals surface area (Å²) < 4.78 is 12.9. The maximum atomic E-state index is 13.9. The molecule has 0 spiro atoms. The predicted octanol–water partition coefficient (Wildman–Crippen LogP) is 8.24. The first-order valence-corrected chi connectivity index (χ1v) is 15.3. The number of benzene rings is 2. The van der Waals surface area contributed by atoms with Gasteiger partial charge in [-0.05, 0) is 88.6 Å². The van der Waals surface area contributed by atoms with E-state index in [-0.39, 0.29) is 22.4 Å². The zero-order chi connectivity index (χ0) is 29.0. The van der Waals surface area contributed by atoms with Crippen LogP contribution in [0.2, 0.25) is 5.02 Å². The highest BCUT2D eigenvalue weighted by Gasteiger charge is 2.48. The third-order valence-corrected chi connectivity index (χ3v) is 9.23. The van der Waals surface area contributed by atoms with E-state index in [0.29, 0.717) is 36.0 Å². The van der Waals surface area contributed by atoms with E-state index in [0.717, 1.165) is 56.6 Å². The summed E-state index contributed by atoms with van der Waals surface area (Å²) in [7, 11) is 1.62. The fraction of sp³-hybridized carbons (Fsp3) is 0.455. The number of ketones is 2. The molecule has 0 saturated carbocycles. The minimum absolute atomic E-state index is 0.133. The number of hydrogen-bond donors (Lipinski definition) is 0. The topological polar surface area (TPSA) is 55.8 Å². The molecule has 1 aliphatic heterocycles. The summed E-state index contributed by atoms with van der Waals surface area (Å²) in [5, 5.41) is 0.658. The number of halogens is 2. The molecule has 0 bridgehead atoms. The highest BCUT2D eigenvalue weighted by atomic mass is 127. The summed E-state index contributed by atoms with van der Waals surface area (Å²) in [5.41, 5.74) is 5.29. The number of hydrogen-bond acceptors (Lipinski definition) is 5. The van der Waals surface area contributed by atoms with Crippen LogP contribution in [0.5, 0.6) is 11.5 Å². The predicted molar refractivity (Wildman–Crippen MR) is 167 cm³/mol. The third-order valence-electron chi connectivity index (χ3n) is 8.20. The van der Waals surface area contributed by atoms with Crippen LogP contribution in [0, 0.1) is 14.4 Å². The van der Waals surface area contributed by atoms with Crippen LogP contribution >= 0.6 is 34.2 Å². The number of rotatable bonds is 6. The van der Waals surface area contributed by atoms with Crippen LogP contribution in [-0.2, 0) is 16.2 Å². The lowest BCUT2D eigenvalue weighted by Gasteiger charge is -2.49. The van der Waals surface area contributed by atoms with Crippen molar-refractivity contribution in [3.63, 3.8) is 0 Å². The van der Waals surface area contributed by atoms with Crippen molar-refractivity contribution in [2.75, 3.05) is 13.7 Å². The number of allylic oxidation sites excluding steroid dienone is 4. The number of nitrogens with zero attached hydrogens (tertiary/aromatic N) is 1. The van der Waals surface area contributed by atoms with Crippen LogP contribution in [0.25, 0.3) is 0 Å². The molecule has 0 radical (unpaired) electrons. The molecule has 0 fully saturated rings. The highest BCUT2D eigenvalue weighted by molar-refractivity contribution is 14.1. The molecule has 3 aliphatic rings. The van der Waals surface area contributed by atoms with Crippen LogP contribution in [0.1, 0.15) is 77.3 Å². The summed E-state index contributed by atoms with van der Waals surface area (Å²) in [4.78, 5) is 30.1. The lowest BCUT2D eigenvalue weighted by molar-refractivity contribution is -0.119. The van der Waals surface area contributed by atoms with Gasteiger partial charge in [0, 0.05) is 52.9 Å². The maximum absolute atomic E-state index is 13.9. The molecule has 2 aliphatic carbocycles. The van der Waals surface area contributed by atoms with Crippen molar-refractivity contribution in [2.24, 2.45) is 10.8 Å².